The van der Waals surface area contributed by atoms with Crippen molar-refractivity contribution in [2.45, 2.75) is 59.9 Å². The second-order valence-corrected chi connectivity index (χ2v) is 67.4. The van der Waals surface area contributed by atoms with Gasteiger partial charge in [-0.1, -0.05) is 0 Å². The molecule has 2 aliphatic rings. The molecule has 0 aliphatic heterocycles. The molecule has 0 heterocycles. The van der Waals surface area contributed by atoms with Gasteiger partial charge >= 0.3 is 517 Å². The molecule has 2 unspecified atom stereocenters. The van der Waals surface area contributed by atoms with Crippen molar-refractivity contribution >= 4 is 121 Å². The third-order valence-corrected chi connectivity index (χ3v) is 71.7. The topological polar surface area (TPSA) is 0 Å². The molecule has 0 amide bonds. The van der Waals surface area contributed by atoms with Crippen molar-refractivity contribution in [1.82, 2.24) is 0 Å². The summed E-state index contributed by atoms with van der Waals surface area (Å²) in [6, 6.07) is 91.7. The summed E-state index contributed by atoms with van der Waals surface area (Å²) in [7, 11) is 20.0. The van der Waals surface area contributed by atoms with Crippen LogP contribution in [0.3, 0.4) is 0 Å². The standard InChI is InChI=1S/2C40H29.C2H7Si.2ClH.Zr/c2*1-2-11-26-22-37-35(39-31-16-7-3-12-27(31)24-28-13-4-8-17-32(28)39)20-21-36(38(37)23-26)40-33-18-9-5-14-29(33)25-30-15-6-10-19-34(30)40;1-3-2;;;/h2*3-10,12-25H,2,11H2,1H3;3H,1-2H3;2*1H;/q;;;;;+2/p-2. The maximum atomic E-state index is 9.98. The van der Waals surface area contributed by atoms with E-state index in [4.69, 9.17) is 0 Å². The van der Waals surface area contributed by atoms with Crippen LogP contribution in [0.1, 0.15) is 69.0 Å². The van der Waals surface area contributed by atoms with E-state index in [1.807, 2.05) is 0 Å². The summed E-state index contributed by atoms with van der Waals surface area (Å²) in [4.78, 5) is 0. The first-order valence-electron chi connectivity index (χ1n) is 31.1. The Balaban J connectivity index is 1.08. The molecule has 0 nitrogen and oxygen atoms in total. The van der Waals surface area contributed by atoms with Gasteiger partial charge in [0.15, 0.2) is 0 Å². The van der Waals surface area contributed by atoms with Gasteiger partial charge in [0.05, 0.1) is 0 Å². The van der Waals surface area contributed by atoms with E-state index in [0.717, 1.165) is 25.7 Å². The fraction of sp³-hybridized carbons (Fsp3) is 0.122. The van der Waals surface area contributed by atoms with E-state index in [2.05, 4.69) is 282 Å². The molecule has 0 fully saturated rings. The predicted octanol–water partition coefficient (Wildman–Crippen LogP) is 24.7. The van der Waals surface area contributed by atoms with Crippen LogP contribution in [0.2, 0.25) is 13.1 Å². The number of allylic oxidation sites excluding steroid dienone is 2. The van der Waals surface area contributed by atoms with Crippen molar-refractivity contribution in [3.05, 3.63) is 276 Å². The van der Waals surface area contributed by atoms with Crippen molar-refractivity contribution < 1.29 is 15.6 Å². The molecule has 4 heteroatoms. The second-order valence-electron chi connectivity index (χ2n) is 24.9. The van der Waals surface area contributed by atoms with E-state index in [1.54, 1.807) is 0 Å². The third kappa shape index (κ3) is 8.02. The van der Waals surface area contributed by atoms with Crippen LogP contribution in [0, 0.1) is 0 Å². The normalized spacial score (nSPS) is 15.5. The molecule has 16 rings (SSSR count). The van der Waals surface area contributed by atoms with Gasteiger partial charge in [0, 0.05) is 0 Å². The zero-order chi connectivity index (χ0) is 58.0. The first kappa shape index (κ1) is 53.8. The molecule has 14 aromatic carbocycles. The Morgan fingerprint density at radius 2 is 0.535 bits per heavy atom. The molecule has 0 bridgehead atoms. The van der Waals surface area contributed by atoms with Gasteiger partial charge < -0.3 is 0 Å². The number of benzene rings is 14. The zero-order valence-electron chi connectivity index (χ0n) is 49.1. The van der Waals surface area contributed by atoms with Crippen molar-refractivity contribution in [2.24, 2.45) is 0 Å². The molecule has 0 N–H and O–H groups in total. The molecule has 2 atom stereocenters. The Hall–Kier alpha value is -7.68. The Morgan fingerprint density at radius 3 is 0.767 bits per heavy atom. The second kappa shape index (κ2) is 20.8. The van der Waals surface area contributed by atoms with Gasteiger partial charge in [-0.05, 0) is 0 Å². The number of rotatable bonds is 11. The zero-order valence-corrected chi connectivity index (χ0v) is 54.2. The van der Waals surface area contributed by atoms with Crippen LogP contribution in [-0.2, 0) is 15.6 Å². The van der Waals surface area contributed by atoms with Gasteiger partial charge in [-0.15, -0.1) is 0 Å². The molecule has 0 saturated heterocycles. The molecule has 0 saturated carbocycles. The fourth-order valence-electron chi connectivity index (χ4n) is 16.3. The van der Waals surface area contributed by atoms with Crippen molar-refractivity contribution in [3.8, 4) is 44.5 Å². The van der Waals surface area contributed by atoms with E-state index in [-0.39, 0.29) is 7.25 Å². The molecule has 14 aromatic rings. The van der Waals surface area contributed by atoms with Crippen LogP contribution in [-0.4, -0.2) is 5.92 Å². The quantitative estimate of drug-likeness (QED) is 0.0894. The van der Waals surface area contributed by atoms with Crippen molar-refractivity contribution in [1.29, 1.82) is 0 Å². The van der Waals surface area contributed by atoms with Gasteiger partial charge in [-0.25, -0.2) is 0 Å². The molecular formula is C82H65Cl2SiZr. The first-order chi connectivity index (χ1) is 42.1. The molecule has 0 radical (unpaired) electrons. The van der Waals surface area contributed by atoms with Gasteiger partial charge in [-0.2, -0.15) is 0 Å². The summed E-state index contributed by atoms with van der Waals surface area (Å²) in [5, 5.41) is 19.9. The van der Waals surface area contributed by atoms with Crippen LogP contribution < -0.4 is 0 Å². The predicted molar refractivity (Wildman–Crippen MR) is 377 cm³/mol. The molecule has 415 valence electrons. The van der Waals surface area contributed by atoms with Crippen LogP contribution in [0.5, 0.6) is 0 Å². The van der Waals surface area contributed by atoms with Crippen LogP contribution in [0.15, 0.2) is 254 Å². The summed E-state index contributed by atoms with van der Waals surface area (Å²) >= 11 is -5.85. The molecular weight excluding hydrogens is 1180 g/mol. The van der Waals surface area contributed by atoms with E-state index in [1.165, 1.54) is 164 Å². The van der Waals surface area contributed by atoms with Gasteiger partial charge in [-0.3, -0.25) is 0 Å². The minimum absolute atomic E-state index is 0.203. The summed E-state index contributed by atoms with van der Waals surface area (Å²) in [6.07, 6.45) is 9.00. The summed E-state index contributed by atoms with van der Waals surface area (Å²) in [6.45, 7) is 9.82. The number of fused-ring (bicyclic) bond motifs is 10. The van der Waals surface area contributed by atoms with Crippen LogP contribution >= 0.6 is 17.0 Å². The number of halogens is 2. The van der Waals surface area contributed by atoms with Gasteiger partial charge in [0.2, 0.25) is 0 Å². The van der Waals surface area contributed by atoms with Crippen LogP contribution in [0.25, 0.3) is 143 Å². The van der Waals surface area contributed by atoms with E-state index >= 15 is 0 Å². The SMILES string of the molecule is CCCC1=Cc2c(-c3c4ccccc4cc4ccccc34)ccc(-c3c4ccccc4cc4ccccc34)c2[CH]1[Zr]([Cl])([Cl])([CH]1C(CCC)=Cc2c(-c3c4ccccc4cc4ccccc34)ccc(-c3c4ccccc4cc4ccccc34)c21)[SiH](C)C. The Kier molecular flexibility index (Phi) is 13.0. The number of hydrogen-bond donors (Lipinski definition) is 0. The van der Waals surface area contributed by atoms with E-state index in [9.17, 15) is 17.0 Å². The average Bonchev–Trinajstić information content (AvgIpc) is 1.45. The number of hydrogen-bond acceptors (Lipinski definition) is 0. The Labute approximate surface area is 512 Å². The minimum atomic E-state index is -5.85. The van der Waals surface area contributed by atoms with Gasteiger partial charge in [0.25, 0.3) is 0 Å². The first-order valence-corrected chi connectivity index (χ1v) is 47.4. The Bertz CT molecular complexity index is 4720. The summed E-state index contributed by atoms with van der Waals surface area (Å²) in [5.74, 6) is -2.17. The molecule has 2 aliphatic carbocycles. The van der Waals surface area contributed by atoms with E-state index < -0.39 is 21.5 Å². The molecule has 86 heavy (non-hydrogen) atoms. The summed E-state index contributed by atoms with van der Waals surface area (Å²) < 4.78 is -0.406. The molecule has 0 aromatic heterocycles. The monoisotopic (exact) mass is 1240 g/mol. The third-order valence-electron chi connectivity index (χ3n) is 20.0. The van der Waals surface area contributed by atoms with Crippen molar-refractivity contribution in [3.63, 3.8) is 0 Å². The summed E-state index contributed by atoms with van der Waals surface area (Å²) in [5.41, 5.74) is 18.1. The van der Waals surface area contributed by atoms with Crippen LogP contribution in [0.4, 0.5) is 0 Å². The average molecular weight is 1240 g/mol. The van der Waals surface area contributed by atoms with Crippen molar-refractivity contribution in [2.75, 3.05) is 0 Å². The maximum absolute atomic E-state index is 9.98. The van der Waals surface area contributed by atoms with Gasteiger partial charge in [0.1, 0.15) is 0 Å². The Morgan fingerprint density at radius 1 is 0.314 bits per heavy atom. The fourth-order valence-corrected chi connectivity index (χ4v) is 47.5. The molecule has 0 spiro atoms. The van der Waals surface area contributed by atoms with E-state index in [0.29, 0.717) is 0 Å².